The first kappa shape index (κ1) is 26.1. The SMILES string of the molecule is CCOc1ccc(C/C(O)=C2\C(=O)CCCC2=NCCc2ccc(OC)c(OC)c2)cc1OCC. The van der Waals surface area contributed by atoms with Crippen molar-refractivity contribution in [2.45, 2.75) is 46.0 Å². The van der Waals surface area contributed by atoms with Crippen molar-refractivity contribution in [1.82, 2.24) is 0 Å². The second-order valence-electron chi connectivity index (χ2n) is 8.19. The van der Waals surface area contributed by atoms with E-state index in [0.29, 0.717) is 73.3 Å². The second-order valence-corrected chi connectivity index (χ2v) is 8.19. The smallest absolute Gasteiger partial charge is 0.168 e. The number of nitrogens with zero attached hydrogens (tertiary/aromatic N) is 1. The van der Waals surface area contributed by atoms with Gasteiger partial charge in [0, 0.05) is 25.1 Å². The molecule has 188 valence electrons. The van der Waals surface area contributed by atoms with Gasteiger partial charge in [0.1, 0.15) is 5.76 Å². The molecule has 1 saturated carbocycles. The van der Waals surface area contributed by atoms with Gasteiger partial charge in [0.2, 0.25) is 0 Å². The van der Waals surface area contributed by atoms with Crippen LogP contribution >= 0.6 is 0 Å². The highest BCUT2D eigenvalue weighted by Crippen LogP contribution is 2.31. The minimum atomic E-state index is -0.0606. The largest absolute Gasteiger partial charge is 0.511 e. The lowest BCUT2D eigenvalue weighted by atomic mass is 9.89. The molecule has 7 nitrogen and oxygen atoms in total. The topological polar surface area (TPSA) is 86.6 Å². The Labute approximate surface area is 207 Å². The Kier molecular flexibility index (Phi) is 9.58. The predicted molar refractivity (Wildman–Crippen MR) is 137 cm³/mol. The number of aliphatic imine (C=N–C) groups is 1. The first-order chi connectivity index (χ1) is 17.0. The standard InChI is InChI=1S/C28H35NO6/c1-5-34-25-13-11-20(18-27(25)35-6-2)16-23(31)28-21(8-7-9-22(28)30)29-15-14-19-10-12-24(32-3)26(17-19)33-4/h10-13,17-18,31H,5-9,14-16H2,1-4H3/b28-23+,29-21?. The van der Waals surface area contributed by atoms with Gasteiger partial charge in [-0.25, -0.2) is 0 Å². The van der Waals surface area contributed by atoms with E-state index in [0.717, 1.165) is 17.5 Å². The van der Waals surface area contributed by atoms with Gasteiger partial charge in [-0.1, -0.05) is 12.1 Å². The van der Waals surface area contributed by atoms with Crippen LogP contribution in [0, 0.1) is 0 Å². The fourth-order valence-electron chi connectivity index (χ4n) is 4.16. The number of hydrogen-bond donors (Lipinski definition) is 1. The van der Waals surface area contributed by atoms with Crippen LogP contribution < -0.4 is 18.9 Å². The maximum Gasteiger partial charge on any atom is 0.168 e. The molecule has 0 unspecified atom stereocenters. The van der Waals surface area contributed by atoms with Crippen molar-refractivity contribution < 1.29 is 28.8 Å². The zero-order valence-electron chi connectivity index (χ0n) is 21.1. The first-order valence-electron chi connectivity index (χ1n) is 12.1. The van der Waals surface area contributed by atoms with Crippen molar-refractivity contribution >= 4 is 11.5 Å². The maximum atomic E-state index is 12.8. The van der Waals surface area contributed by atoms with Crippen LogP contribution in [-0.2, 0) is 17.6 Å². The number of benzene rings is 2. The zero-order chi connectivity index (χ0) is 25.2. The quantitative estimate of drug-likeness (QED) is 0.347. The molecule has 0 aliphatic heterocycles. The highest BCUT2D eigenvalue weighted by Gasteiger charge is 2.25. The van der Waals surface area contributed by atoms with Crippen molar-refractivity contribution in [2.24, 2.45) is 4.99 Å². The summed E-state index contributed by atoms with van der Waals surface area (Å²) in [4.78, 5) is 17.5. The van der Waals surface area contributed by atoms with Gasteiger partial charge in [-0.05, 0) is 68.5 Å². The third-order valence-electron chi connectivity index (χ3n) is 5.80. The number of carbonyl (C=O) groups is 1. The number of allylic oxidation sites excluding steroid dienone is 2. The second kappa shape index (κ2) is 12.8. The molecule has 0 amide bonds. The minimum Gasteiger partial charge on any atom is -0.511 e. The first-order valence-corrected chi connectivity index (χ1v) is 12.1. The van der Waals surface area contributed by atoms with Crippen LogP contribution in [0.2, 0.25) is 0 Å². The Morgan fingerprint density at radius 3 is 2.26 bits per heavy atom. The summed E-state index contributed by atoms with van der Waals surface area (Å²) in [6.07, 6.45) is 2.74. The van der Waals surface area contributed by atoms with E-state index < -0.39 is 0 Å². The highest BCUT2D eigenvalue weighted by atomic mass is 16.5. The fraction of sp³-hybridized carbons (Fsp3) is 0.429. The maximum absolute atomic E-state index is 12.8. The van der Waals surface area contributed by atoms with E-state index in [2.05, 4.69) is 0 Å². The van der Waals surface area contributed by atoms with Gasteiger partial charge >= 0.3 is 0 Å². The highest BCUT2D eigenvalue weighted by molar-refractivity contribution is 6.24. The van der Waals surface area contributed by atoms with Crippen LogP contribution in [0.4, 0.5) is 0 Å². The lowest BCUT2D eigenvalue weighted by Crippen LogP contribution is -2.22. The molecule has 0 atom stereocenters. The van der Waals surface area contributed by atoms with Gasteiger partial charge in [-0.15, -0.1) is 0 Å². The predicted octanol–water partition coefficient (Wildman–Crippen LogP) is 5.29. The van der Waals surface area contributed by atoms with Crippen LogP contribution in [0.1, 0.15) is 44.2 Å². The summed E-state index contributed by atoms with van der Waals surface area (Å²) in [6.45, 7) is 5.37. The summed E-state index contributed by atoms with van der Waals surface area (Å²) in [5, 5.41) is 11.0. The van der Waals surface area contributed by atoms with Gasteiger partial charge < -0.3 is 24.1 Å². The number of aliphatic hydroxyl groups excluding tert-OH is 1. The van der Waals surface area contributed by atoms with E-state index >= 15 is 0 Å². The minimum absolute atomic E-state index is 0.0474. The lowest BCUT2D eigenvalue weighted by Gasteiger charge is -2.18. The van der Waals surface area contributed by atoms with Gasteiger partial charge in [-0.2, -0.15) is 0 Å². The van der Waals surface area contributed by atoms with E-state index in [1.54, 1.807) is 14.2 Å². The molecule has 1 N–H and O–H groups in total. The Hall–Kier alpha value is -3.48. The molecule has 1 aliphatic carbocycles. The molecule has 35 heavy (non-hydrogen) atoms. The summed E-state index contributed by atoms with van der Waals surface area (Å²) in [5.41, 5.74) is 2.93. The summed E-state index contributed by atoms with van der Waals surface area (Å²) >= 11 is 0. The number of aliphatic hydroxyl groups is 1. The molecule has 3 rings (SSSR count). The third kappa shape index (κ3) is 6.78. The molecule has 0 spiro atoms. The van der Waals surface area contributed by atoms with E-state index in [9.17, 15) is 9.90 Å². The summed E-state index contributed by atoms with van der Waals surface area (Å²) in [7, 11) is 3.21. The van der Waals surface area contributed by atoms with Crippen LogP contribution in [0.3, 0.4) is 0 Å². The summed E-state index contributed by atoms with van der Waals surface area (Å²) < 4.78 is 22.0. The molecular weight excluding hydrogens is 446 g/mol. The number of hydrogen-bond acceptors (Lipinski definition) is 7. The molecule has 2 aromatic carbocycles. The van der Waals surface area contributed by atoms with Crippen LogP contribution in [0.5, 0.6) is 23.0 Å². The normalized spacial score (nSPS) is 16.2. The van der Waals surface area contributed by atoms with Gasteiger partial charge in [-0.3, -0.25) is 9.79 Å². The van der Waals surface area contributed by atoms with Gasteiger partial charge in [0.05, 0.1) is 33.0 Å². The molecule has 0 bridgehead atoms. The molecule has 0 heterocycles. The average molecular weight is 482 g/mol. The molecule has 1 fully saturated rings. The number of rotatable bonds is 11. The van der Waals surface area contributed by atoms with Gasteiger partial charge in [0.15, 0.2) is 28.8 Å². The van der Waals surface area contributed by atoms with E-state index in [-0.39, 0.29) is 18.0 Å². The van der Waals surface area contributed by atoms with E-state index in [4.69, 9.17) is 23.9 Å². The van der Waals surface area contributed by atoms with Crippen molar-refractivity contribution in [1.29, 1.82) is 0 Å². The number of methoxy groups -OCH3 is 2. The fourth-order valence-corrected chi connectivity index (χ4v) is 4.16. The van der Waals surface area contributed by atoms with Crippen molar-refractivity contribution in [3.8, 4) is 23.0 Å². The van der Waals surface area contributed by atoms with Crippen molar-refractivity contribution in [3.05, 3.63) is 58.9 Å². The number of Topliss-reactive ketones (excluding diaryl/α,β-unsaturated/α-hetero) is 1. The average Bonchev–Trinajstić information content (AvgIpc) is 2.85. The summed E-state index contributed by atoms with van der Waals surface area (Å²) in [6, 6.07) is 11.3. The molecular formula is C28H35NO6. The molecule has 0 saturated heterocycles. The van der Waals surface area contributed by atoms with E-state index in [1.807, 2.05) is 50.2 Å². The number of ketones is 1. The number of ether oxygens (including phenoxy) is 4. The van der Waals surface area contributed by atoms with Crippen molar-refractivity contribution in [2.75, 3.05) is 34.0 Å². The molecule has 1 aliphatic rings. The molecule has 7 heteroatoms. The summed E-state index contributed by atoms with van der Waals surface area (Å²) in [5.74, 6) is 2.63. The monoisotopic (exact) mass is 481 g/mol. The lowest BCUT2D eigenvalue weighted by molar-refractivity contribution is -0.115. The van der Waals surface area contributed by atoms with Crippen molar-refractivity contribution in [3.63, 3.8) is 0 Å². The van der Waals surface area contributed by atoms with Crippen LogP contribution in [-0.4, -0.2) is 50.6 Å². The Balaban J connectivity index is 1.79. The molecule has 2 aromatic rings. The van der Waals surface area contributed by atoms with Crippen LogP contribution in [0.25, 0.3) is 0 Å². The zero-order valence-corrected chi connectivity index (χ0v) is 21.1. The van der Waals surface area contributed by atoms with Crippen LogP contribution in [0.15, 0.2) is 52.7 Å². The van der Waals surface area contributed by atoms with E-state index in [1.165, 1.54) is 0 Å². The Morgan fingerprint density at radius 2 is 1.54 bits per heavy atom. The molecule has 0 radical (unpaired) electrons. The Morgan fingerprint density at radius 1 is 0.886 bits per heavy atom. The van der Waals surface area contributed by atoms with Gasteiger partial charge in [0.25, 0.3) is 0 Å². The third-order valence-corrected chi connectivity index (χ3v) is 5.80. The number of carbonyl (C=O) groups excluding carboxylic acids is 1. The Bertz CT molecular complexity index is 1090. The molecule has 0 aromatic heterocycles.